The normalized spacial score (nSPS) is 48.5. The molecule has 0 radical (unpaired) electrons. The smallest absolute Gasteiger partial charge is 0.0584 e. The van der Waals surface area contributed by atoms with Crippen molar-refractivity contribution in [3.8, 4) is 0 Å². The van der Waals surface area contributed by atoms with Crippen molar-refractivity contribution in [3.05, 3.63) is 0 Å². The predicted octanol–water partition coefficient (Wildman–Crippen LogP) is 4.16. The van der Waals surface area contributed by atoms with Gasteiger partial charge in [-0.05, 0) is 74.5 Å². The Morgan fingerprint density at radius 3 is 2.20 bits per heavy atom. The summed E-state index contributed by atoms with van der Waals surface area (Å²) in [6.45, 7) is 9.77. The van der Waals surface area contributed by atoms with E-state index in [9.17, 15) is 5.11 Å². The van der Waals surface area contributed by atoms with E-state index in [2.05, 4.69) is 27.7 Å². The zero-order chi connectivity index (χ0) is 14.5. The number of hydrogen-bond donors (Lipinski definition) is 1. The van der Waals surface area contributed by atoms with Crippen LogP contribution < -0.4 is 0 Å². The molecule has 3 fully saturated rings. The van der Waals surface area contributed by atoms with Gasteiger partial charge in [-0.25, -0.2) is 0 Å². The lowest BCUT2D eigenvalue weighted by Gasteiger charge is -2.43. The SMILES string of the molecule is CC(OC1CCC(O)CC1)[C@@H]1C[C@H]2CC[C@]1(C)C2(C)C. The third-order valence-corrected chi connectivity index (χ3v) is 7.48. The van der Waals surface area contributed by atoms with Crippen LogP contribution in [0.1, 0.15) is 72.6 Å². The van der Waals surface area contributed by atoms with E-state index < -0.39 is 0 Å². The molecule has 1 unspecified atom stereocenters. The highest BCUT2D eigenvalue weighted by molar-refractivity contribution is 5.11. The molecule has 2 nitrogen and oxygen atoms in total. The van der Waals surface area contributed by atoms with Crippen LogP contribution in [0.15, 0.2) is 0 Å². The molecule has 0 aromatic rings. The molecule has 0 saturated heterocycles. The molecule has 0 heterocycles. The third kappa shape index (κ3) is 2.14. The van der Waals surface area contributed by atoms with Crippen LogP contribution >= 0.6 is 0 Å². The first kappa shape index (κ1) is 14.8. The second-order valence-corrected chi connectivity index (χ2v) is 8.49. The van der Waals surface area contributed by atoms with Crippen molar-refractivity contribution in [2.75, 3.05) is 0 Å². The van der Waals surface area contributed by atoms with Crippen LogP contribution in [-0.4, -0.2) is 23.4 Å². The number of rotatable bonds is 3. The summed E-state index contributed by atoms with van der Waals surface area (Å²) in [4.78, 5) is 0. The minimum absolute atomic E-state index is 0.0795. The zero-order valence-corrected chi connectivity index (χ0v) is 13.7. The number of aliphatic hydroxyl groups excluding tert-OH is 1. The van der Waals surface area contributed by atoms with E-state index in [0.717, 1.165) is 37.5 Å². The number of ether oxygens (including phenoxy) is 1. The number of hydrogen-bond acceptors (Lipinski definition) is 2. The lowest BCUT2D eigenvalue weighted by atomic mass is 9.65. The first-order valence-corrected chi connectivity index (χ1v) is 8.68. The second-order valence-electron chi connectivity index (χ2n) is 8.49. The van der Waals surface area contributed by atoms with Crippen molar-refractivity contribution in [1.82, 2.24) is 0 Å². The summed E-state index contributed by atoms with van der Waals surface area (Å²) < 4.78 is 6.42. The standard InChI is InChI=1S/C18H32O2/c1-12(20-15-7-5-14(19)6-8-15)16-11-13-9-10-18(16,4)17(13,2)3/h12-16,19H,5-11H2,1-4H3/t12?,13-,14?,15?,16+,18+/m1/s1. The topological polar surface area (TPSA) is 29.5 Å². The molecule has 0 aromatic carbocycles. The highest BCUT2D eigenvalue weighted by Crippen LogP contribution is 2.69. The quantitative estimate of drug-likeness (QED) is 0.841. The van der Waals surface area contributed by atoms with Crippen molar-refractivity contribution in [2.24, 2.45) is 22.7 Å². The molecule has 2 heteroatoms. The molecule has 2 bridgehead atoms. The fourth-order valence-corrected chi connectivity index (χ4v) is 5.56. The molecule has 0 amide bonds. The maximum Gasteiger partial charge on any atom is 0.0584 e. The van der Waals surface area contributed by atoms with E-state index in [1.165, 1.54) is 19.3 Å². The summed E-state index contributed by atoms with van der Waals surface area (Å²) in [5, 5.41) is 9.61. The minimum Gasteiger partial charge on any atom is -0.393 e. The van der Waals surface area contributed by atoms with Gasteiger partial charge in [0, 0.05) is 0 Å². The Labute approximate surface area is 124 Å². The van der Waals surface area contributed by atoms with Gasteiger partial charge < -0.3 is 9.84 Å². The maximum absolute atomic E-state index is 9.61. The Kier molecular flexibility index (Phi) is 3.70. The van der Waals surface area contributed by atoms with Crippen molar-refractivity contribution in [2.45, 2.75) is 91.0 Å². The summed E-state index contributed by atoms with van der Waals surface area (Å²) in [6.07, 6.45) is 8.78. The molecule has 0 aromatic heterocycles. The molecular weight excluding hydrogens is 248 g/mol. The molecule has 3 rings (SSSR count). The highest BCUT2D eigenvalue weighted by atomic mass is 16.5. The van der Waals surface area contributed by atoms with Gasteiger partial charge in [-0.3, -0.25) is 0 Å². The van der Waals surface area contributed by atoms with Gasteiger partial charge in [-0.2, -0.15) is 0 Å². The fourth-order valence-electron chi connectivity index (χ4n) is 5.56. The van der Waals surface area contributed by atoms with Crippen molar-refractivity contribution in [3.63, 3.8) is 0 Å². The first-order chi connectivity index (χ1) is 9.34. The molecule has 116 valence electrons. The first-order valence-electron chi connectivity index (χ1n) is 8.68. The minimum atomic E-state index is -0.0795. The monoisotopic (exact) mass is 280 g/mol. The van der Waals surface area contributed by atoms with Gasteiger partial charge >= 0.3 is 0 Å². The zero-order valence-electron chi connectivity index (χ0n) is 13.7. The van der Waals surface area contributed by atoms with E-state index in [4.69, 9.17) is 4.74 Å². The van der Waals surface area contributed by atoms with Crippen LogP contribution in [0.4, 0.5) is 0 Å². The van der Waals surface area contributed by atoms with E-state index >= 15 is 0 Å². The summed E-state index contributed by atoms with van der Waals surface area (Å²) in [5.41, 5.74) is 0.948. The van der Waals surface area contributed by atoms with Crippen LogP contribution in [-0.2, 0) is 4.74 Å². The molecule has 4 atom stereocenters. The van der Waals surface area contributed by atoms with Gasteiger partial charge in [0.2, 0.25) is 0 Å². The van der Waals surface area contributed by atoms with Crippen molar-refractivity contribution < 1.29 is 9.84 Å². The van der Waals surface area contributed by atoms with E-state index in [1.807, 2.05) is 0 Å². The summed E-state index contributed by atoms with van der Waals surface area (Å²) in [6, 6.07) is 0. The second kappa shape index (κ2) is 4.98. The van der Waals surface area contributed by atoms with E-state index in [-0.39, 0.29) is 6.10 Å². The van der Waals surface area contributed by atoms with Gasteiger partial charge in [-0.1, -0.05) is 20.8 Å². The molecule has 3 saturated carbocycles. The predicted molar refractivity (Wildman–Crippen MR) is 81.5 cm³/mol. The molecule has 3 aliphatic carbocycles. The Morgan fingerprint density at radius 2 is 1.70 bits per heavy atom. The van der Waals surface area contributed by atoms with Crippen LogP contribution in [0.5, 0.6) is 0 Å². The van der Waals surface area contributed by atoms with Crippen molar-refractivity contribution in [1.29, 1.82) is 0 Å². The summed E-state index contributed by atoms with van der Waals surface area (Å²) in [7, 11) is 0. The maximum atomic E-state index is 9.61. The largest absolute Gasteiger partial charge is 0.393 e. The van der Waals surface area contributed by atoms with E-state index in [1.54, 1.807) is 0 Å². The van der Waals surface area contributed by atoms with Crippen LogP contribution in [0.2, 0.25) is 0 Å². The fraction of sp³-hybridized carbons (Fsp3) is 1.00. The number of aliphatic hydroxyl groups is 1. The highest BCUT2D eigenvalue weighted by Gasteiger charge is 2.62. The van der Waals surface area contributed by atoms with Gasteiger partial charge in [0.25, 0.3) is 0 Å². The van der Waals surface area contributed by atoms with Gasteiger partial charge in [0.1, 0.15) is 0 Å². The molecule has 1 N–H and O–H groups in total. The average Bonchev–Trinajstić information content (AvgIpc) is 2.74. The van der Waals surface area contributed by atoms with Crippen LogP contribution in [0, 0.1) is 22.7 Å². The molecular formula is C18H32O2. The lowest BCUT2D eigenvalue weighted by Crippen LogP contribution is -2.40. The van der Waals surface area contributed by atoms with Crippen molar-refractivity contribution >= 4 is 0 Å². The summed E-state index contributed by atoms with van der Waals surface area (Å²) >= 11 is 0. The lowest BCUT2D eigenvalue weighted by molar-refractivity contribution is -0.0908. The van der Waals surface area contributed by atoms with E-state index in [0.29, 0.717) is 23.0 Å². The molecule has 20 heavy (non-hydrogen) atoms. The van der Waals surface area contributed by atoms with Crippen LogP contribution in [0.3, 0.4) is 0 Å². The number of fused-ring (bicyclic) bond motifs is 2. The molecule has 3 aliphatic rings. The van der Waals surface area contributed by atoms with Gasteiger partial charge in [0.05, 0.1) is 18.3 Å². The Morgan fingerprint density at radius 1 is 1.05 bits per heavy atom. The van der Waals surface area contributed by atoms with Crippen LogP contribution in [0.25, 0.3) is 0 Å². The third-order valence-electron chi connectivity index (χ3n) is 7.48. The average molecular weight is 280 g/mol. The Balaban J connectivity index is 1.63. The Hall–Kier alpha value is -0.0800. The van der Waals surface area contributed by atoms with Gasteiger partial charge in [-0.15, -0.1) is 0 Å². The van der Waals surface area contributed by atoms with Gasteiger partial charge in [0.15, 0.2) is 0 Å². The summed E-state index contributed by atoms with van der Waals surface area (Å²) in [5.74, 6) is 1.62. The molecule has 0 spiro atoms. The molecule has 0 aliphatic heterocycles. The Bertz CT molecular complexity index is 356.